The first-order valence-electron chi connectivity index (χ1n) is 9.78. The number of halogens is 2. The van der Waals surface area contributed by atoms with Crippen LogP contribution in [0.3, 0.4) is 0 Å². The number of aromatic nitrogens is 2. The molecule has 7 nitrogen and oxygen atoms in total. The van der Waals surface area contributed by atoms with E-state index < -0.39 is 24.3 Å². The lowest BCUT2D eigenvalue weighted by atomic mass is 10.2. The zero-order valence-electron chi connectivity index (χ0n) is 17.3. The first-order valence-corrected chi connectivity index (χ1v) is 10.2. The summed E-state index contributed by atoms with van der Waals surface area (Å²) >= 11 is 6.36. The molecule has 0 unspecified atom stereocenters. The number of hydrogen-bond acceptors (Lipinski definition) is 5. The molecule has 0 saturated carbocycles. The fraction of sp³-hybridized carbons (Fsp3) is 0.217. The van der Waals surface area contributed by atoms with Gasteiger partial charge in [0.15, 0.2) is 6.61 Å². The lowest BCUT2D eigenvalue weighted by Crippen LogP contribution is -2.36. The number of esters is 1. The predicted molar refractivity (Wildman–Crippen MR) is 117 cm³/mol. The van der Waals surface area contributed by atoms with Crippen LogP contribution in [0.5, 0.6) is 0 Å². The number of para-hydroxylation sites is 1. The third-order valence-corrected chi connectivity index (χ3v) is 5.05. The Bertz CT molecular complexity index is 1160. The van der Waals surface area contributed by atoms with E-state index in [1.165, 1.54) is 22.9 Å². The van der Waals surface area contributed by atoms with Crippen molar-refractivity contribution in [3.8, 4) is 6.07 Å². The van der Waals surface area contributed by atoms with Crippen LogP contribution in [0.4, 0.5) is 10.1 Å². The summed E-state index contributed by atoms with van der Waals surface area (Å²) in [6.07, 6.45) is -0.00872. The van der Waals surface area contributed by atoms with Crippen molar-refractivity contribution in [3.05, 3.63) is 82.4 Å². The highest BCUT2D eigenvalue weighted by atomic mass is 35.5. The second-order valence-electron chi connectivity index (χ2n) is 6.88. The minimum atomic E-state index is -0.811. The Kier molecular flexibility index (Phi) is 7.58. The number of benzene rings is 2. The molecule has 0 saturated heterocycles. The Labute approximate surface area is 189 Å². The minimum Gasteiger partial charge on any atom is -0.452 e. The van der Waals surface area contributed by atoms with E-state index in [0.29, 0.717) is 12.2 Å². The number of nitriles is 1. The average Bonchev–Trinajstić information content (AvgIpc) is 3.06. The van der Waals surface area contributed by atoms with Crippen LogP contribution in [0.15, 0.2) is 54.6 Å². The summed E-state index contributed by atoms with van der Waals surface area (Å²) in [7, 11) is 0. The fourth-order valence-electron chi connectivity index (χ4n) is 3.14. The van der Waals surface area contributed by atoms with Crippen molar-refractivity contribution in [2.24, 2.45) is 0 Å². The molecule has 0 spiro atoms. The first kappa shape index (κ1) is 23.0. The number of carbonyl (C=O) groups is 2. The molecular weight excluding hydrogens is 435 g/mol. The molecule has 1 heterocycles. The van der Waals surface area contributed by atoms with Crippen molar-refractivity contribution < 1.29 is 18.7 Å². The highest BCUT2D eigenvalue weighted by molar-refractivity contribution is 6.32. The molecule has 2 aromatic carbocycles. The topological polar surface area (TPSA) is 88.2 Å². The maximum atomic E-state index is 14.2. The molecule has 0 bridgehead atoms. The quantitative estimate of drug-likeness (QED) is 0.477. The summed E-state index contributed by atoms with van der Waals surface area (Å²) < 4.78 is 20.8. The van der Waals surface area contributed by atoms with Crippen molar-refractivity contribution in [1.29, 1.82) is 5.26 Å². The Morgan fingerprint density at radius 1 is 1.19 bits per heavy atom. The Morgan fingerprint density at radius 3 is 2.56 bits per heavy atom. The molecule has 0 atom stereocenters. The molecule has 32 heavy (non-hydrogen) atoms. The Balaban J connectivity index is 1.72. The second kappa shape index (κ2) is 10.6. The monoisotopic (exact) mass is 454 g/mol. The fourth-order valence-corrected chi connectivity index (χ4v) is 3.45. The maximum absolute atomic E-state index is 14.2. The molecule has 0 aliphatic heterocycles. The van der Waals surface area contributed by atoms with Gasteiger partial charge in [0.2, 0.25) is 0 Å². The Hall–Kier alpha value is -3.70. The zero-order valence-corrected chi connectivity index (χ0v) is 18.1. The van der Waals surface area contributed by atoms with E-state index >= 15 is 0 Å². The van der Waals surface area contributed by atoms with Crippen molar-refractivity contribution in [2.75, 3.05) is 18.1 Å². The van der Waals surface area contributed by atoms with Crippen molar-refractivity contribution in [3.63, 3.8) is 0 Å². The lowest BCUT2D eigenvalue weighted by Gasteiger charge is -2.22. The number of aryl methyl sites for hydroxylation is 1. The summed E-state index contributed by atoms with van der Waals surface area (Å²) in [4.78, 5) is 26.4. The normalized spacial score (nSPS) is 10.4. The van der Waals surface area contributed by atoms with E-state index in [0.717, 1.165) is 10.5 Å². The van der Waals surface area contributed by atoms with Crippen LogP contribution in [0.2, 0.25) is 5.15 Å². The van der Waals surface area contributed by atoms with Crippen LogP contribution in [0.25, 0.3) is 0 Å². The molecule has 164 valence electrons. The summed E-state index contributed by atoms with van der Waals surface area (Å²) in [5, 5.41) is 13.2. The number of anilines is 1. The molecular formula is C23H20ClFN4O3. The predicted octanol–water partition coefficient (Wildman–Crippen LogP) is 4.14. The number of hydrogen-bond donors (Lipinski definition) is 0. The van der Waals surface area contributed by atoms with Gasteiger partial charge in [-0.15, -0.1) is 0 Å². The van der Waals surface area contributed by atoms with Gasteiger partial charge < -0.3 is 9.64 Å². The molecule has 1 aromatic heterocycles. The molecule has 0 radical (unpaired) electrons. The van der Waals surface area contributed by atoms with E-state index in [9.17, 15) is 14.0 Å². The highest BCUT2D eigenvalue weighted by Gasteiger charge is 2.25. The van der Waals surface area contributed by atoms with Gasteiger partial charge in [-0.2, -0.15) is 10.4 Å². The van der Waals surface area contributed by atoms with E-state index in [4.69, 9.17) is 21.6 Å². The number of ether oxygens (including phenoxy) is 1. The average molecular weight is 455 g/mol. The summed E-state index contributed by atoms with van der Waals surface area (Å²) in [5.41, 5.74) is 1.38. The van der Waals surface area contributed by atoms with Crippen molar-refractivity contribution in [2.45, 2.75) is 19.9 Å². The molecule has 0 fully saturated rings. The number of carbonyl (C=O) groups excluding carboxylic acids is 2. The largest absolute Gasteiger partial charge is 0.452 e. The van der Waals surface area contributed by atoms with Crippen LogP contribution >= 0.6 is 11.6 Å². The smallest absolute Gasteiger partial charge is 0.343 e. The molecule has 0 N–H and O–H groups in total. The van der Waals surface area contributed by atoms with Gasteiger partial charge in [0.05, 0.1) is 30.4 Å². The van der Waals surface area contributed by atoms with Gasteiger partial charge in [0, 0.05) is 6.54 Å². The summed E-state index contributed by atoms with van der Waals surface area (Å²) in [6.45, 7) is 1.30. The van der Waals surface area contributed by atoms with Crippen LogP contribution < -0.4 is 4.90 Å². The van der Waals surface area contributed by atoms with E-state index in [1.54, 1.807) is 13.0 Å². The number of rotatable bonds is 8. The SMILES string of the molecule is Cc1nn(Cc2ccccc2)c(Cl)c1C(=O)OCC(=O)N(CCC#N)c1ccccc1F. The van der Waals surface area contributed by atoms with E-state index in [2.05, 4.69) is 5.10 Å². The van der Waals surface area contributed by atoms with Crippen LogP contribution in [-0.4, -0.2) is 34.8 Å². The van der Waals surface area contributed by atoms with Gasteiger partial charge in [0.25, 0.3) is 5.91 Å². The molecule has 3 rings (SSSR count). The third-order valence-electron chi connectivity index (χ3n) is 4.66. The van der Waals surface area contributed by atoms with Gasteiger partial charge >= 0.3 is 5.97 Å². The molecule has 0 aliphatic rings. The zero-order chi connectivity index (χ0) is 23.1. The lowest BCUT2D eigenvalue weighted by molar-refractivity contribution is -0.121. The number of amides is 1. The third kappa shape index (κ3) is 5.31. The summed E-state index contributed by atoms with van der Waals surface area (Å²) in [6, 6.07) is 17.1. The van der Waals surface area contributed by atoms with Gasteiger partial charge in [-0.05, 0) is 24.6 Å². The maximum Gasteiger partial charge on any atom is 0.343 e. The van der Waals surface area contributed by atoms with Crippen LogP contribution in [0.1, 0.15) is 28.0 Å². The van der Waals surface area contributed by atoms with Gasteiger partial charge in [0.1, 0.15) is 16.5 Å². The van der Waals surface area contributed by atoms with Gasteiger partial charge in [-0.25, -0.2) is 13.9 Å². The summed E-state index contributed by atoms with van der Waals surface area (Å²) in [5.74, 6) is -2.09. The van der Waals surface area contributed by atoms with E-state index in [-0.39, 0.29) is 29.4 Å². The second-order valence-corrected chi connectivity index (χ2v) is 7.23. The van der Waals surface area contributed by atoms with Gasteiger partial charge in [-0.1, -0.05) is 54.1 Å². The van der Waals surface area contributed by atoms with Crippen LogP contribution in [0, 0.1) is 24.1 Å². The highest BCUT2D eigenvalue weighted by Crippen LogP contribution is 2.23. The standard InChI is InChI=1S/C23H20ClFN4O3/c1-16-21(22(24)29(27-16)14-17-8-3-2-4-9-17)23(31)32-15-20(30)28(13-7-12-26)19-11-6-5-10-18(19)25/h2-6,8-11H,7,13-15H2,1H3. The van der Waals surface area contributed by atoms with E-state index in [1.807, 2.05) is 36.4 Å². The van der Waals surface area contributed by atoms with Crippen LogP contribution in [-0.2, 0) is 16.1 Å². The molecule has 3 aromatic rings. The van der Waals surface area contributed by atoms with Crippen molar-refractivity contribution >= 4 is 29.2 Å². The molecule has 1 amide bonds. The molecule has 9 heteroatoms. The Morgan fingerprint density at radius 2 is 1.88 bits per heavy atom. The molecule has 0 aliphatic carbocycles. The minimum absolute atomic E-state index is 0.00805. The van der Waals surface area contributed by atoms with Crippen molar-refractivity contribution in [1.82, 2.24) is 9.78 Å². The number of nitrogens with zero attached hydrogens (tertiary/aromatic N) is 4. The van der Waals surface area contributed by atoms with Gasteiger partial charge in [-0.3, -0.25) is 4.79 Å². The first-order chi connectivity index (χ1) is 15.4.